The van der Waals surface area contributed by atoms with E-state index in [-0.39, 0.29) is 23.0 Å². The van der Waals surface area contributed by atoms with Gasteiger partial charge in [-0.25, -0.2) is 13.4 Å². The predicted molar refractivity (Wildman–Crippen MR) is 134 cm³/mol. The molecule has 2 heterocycles. The maximum absolute atomic E-state index is 13.2. The molecule has 2 aliphatic carbocycles. The predicted octanol–water partition coefficient (Wildman–Crippen LogP) is 3.80. The first-order valence-electron chi connectivity index (χ1n) is 11.9. The molecule has 1 aliphatic heterocycles. The summed E-state index contributed by atoms with van der Waals surface area (Å²) in [4.78, 5) is 21.3. The number of anilines is 1. The van der Waals surface area contributed by atoms with Gasteiger partial charge in [0.2, 0.25) is 5.91 Å². The van der Waals surface area contributed by atoms with Gasteiger partial charge >= 0.3 is 0 Å². The largest absolute Gasteiger partial charge is 0.369 e. The standard InChI is InChI=1S/C25H30N4O3S2/c1-16-27-22(17-7-9-18(10-8-17)29-13-19(14-29)34(2,31)32)23(33-16)20-5-3-4-6-21(20)24(30)28-25(15-26)11-12-25/h7-10,19-21H,3-6,11-14H2,1-2H3,(H,28,30). The van der Waals surface area contributed by atoms with Crippen LogP contribution in [0.1, 0.15) is 54.3 Å². The van der Waals surface area contributed by atoms with Crippen LogP contribution in [0.5, 0.6) is 0 Å². The molecule has 1 N–H and O–H groups in total. The fraction of sp³-hybridized carbons (Fsp3) is 0.560. The molecule has 1 amide bonds. The average Bonchev–Trinajstić information content (AvgIpc) is 3.44. The summed E-state index contributed by atoms with van der Waals surface area (Å²) in [6.07, 6.45) is 6.68. The van der Waals surface area contributed by atoms with Crippen LogP contribution in [0.3, 0.4) is 0 Å². The minimum Gasteiger partial charge on any atom is -0.369 e. The van der Waals surface area contributed by atoms with Gasteiger partial charge in [0, 0.05) is 47.3 Å². The first kappa shape index (κ1) is 23.3. The zero-order valence-corrected chi connectivity index (χ0v) is 21.2. The van der Waals surface area contributed by atoms with Crippen LogP contribution in [0.4, 0.5) is 5.69 Å². The number of benzene rings is 1. The van der Waals surface area contributed by atoms with Crippen LogP contribution >= 0.6 is 11.3 Å². The Kier molecular flexibility index (Phi) is 5.93. The van der Waals surface area contributed by atoms with Gasteiger partial charge in [0.1, 0.15) is 5.54 Å². The molecule has 2 saturated carbocycles. The Morgan fingerprint density at radius 1 is 1.21 bits per heavy atom. The van der Waals surface area contributed by atoms with Crippen LogP contribution in [-0.4, -0.2) is 49.4 Å². The number of carbonyl (C=O) groups excluding carboxylic acids is 1. The number of carbonyl (C=O) groups is 1. The second kappa shape index (κ2) is 8.65. The fourth-order valence-electron chi connectivity index (χ4n) is 5.13. The number of hydrogen-bond donors (Lipinski definition) is 1. The highest BCUT2D eigenvalue weighted by Crippen LogP contribution is 2.45. The second-order valence-corrected chi connectivity index (χ2v) is 13.6. The van der Waals surface area contributed by atoms with E-state index in [1.165, 1.54) is 6.26 Å². The van der Waals surface area contributed by atoms with Gasteiger partial charge in [-0.05, 0) is 44.7 Å². The molecule has 1 aromatic carbocycles. The normalized spacial score (nSPS) is 24.2. The Balaban J connectivity index is 1.36. The summed E-state index contributed by atoms with van der Waals surface area (Å²) >= 11 is 1.67. The minimum absolute atomic E-state index is 0.00863. The van der Waals surface area contributed by atoms with Crippen molar-refractivity contribution >= 4 is 32.8 Å². The van der Waals surface area contributed by atoms with Crippen molar-refractivity contribution < 1.29 is 13.2 Å². The molecule has 2 aromatic rings. The Morgan fingerprint density at radius 3 is 2.50 bits per heavy atom. The maximum atomic E-state index is 13.2. The number of nitrogens with zero attached hydrogens (tertiary/aromatic N) is 3. The molecule has 0 radical (unpaired) electrons. The summed E-state index contributed by atoms with van der Waals surface area (Å²) in [5.41, 5.74) is 2.33. The number of amides is 1. The van der Waals surface area contributed by atoms with E-state index in [0.717, 1.165) is 65.4 Å². The smallest absolute Gasteiger partial charge is 0.224 e. The molecule has 34 heavy (non-hydrogen) atoms. The van der Waals surface area contributed by atoms with E-state index in [1.54, 1.807) is 11.3 Å². The molecule has 180 valence electrons. The Labute approximate surface area is 205 Å². The molecule has 0 bridgehead atoms. The van der Waals surface area contributed by atoms with E-state index in [2.05, 4.69) is 16.3 Å². The van der Waals surface area contributed by atoms with E-state index in [4.69, 9.17) is 4.98 Å². The van der Waals surface area contributed by atoms with Gasteiger partial charge in [-0.1, -0.05) is 25.0 Å². The van der Waals surface area contributed by atoms with E-state index in [9.17, 15) is 18.5 Å². The number of aromatic nitrogens is 1. The SMILES string of the molecule is Cc1nc(-c2ccc(N3CC(S(C)(=O)=O)C3)cc2)c(C2CCCCC2C(=O)NC2(C#N)CC2)s1. The van der Waals surface area contributed by atoms with Crippen LogP contribution in [0.15, 0.2) is 24.3 Å². The van der Waals surface area contributed by atoms with Crippen molar-refractivity contribution in [1.82, 2.24) is 10.3 Å². The first-order chi connectivity index (χ1) is 16.2. The highest BCUT2D eigenvalue weighted by atomic mass is 32.2. The number of thiazole rings is 1. The zero-order valence-electron chi connectivity index (χ0n) is 19.6. The van der Waals surface area contributed by atoms with Crippen molar-refractivity contribution in [1.29, 1.82) is 5.26 Å². The summed E-state index contributed by atoms with van der Waals surface area (Å²) in [7, 11) is -3.00. The molecular formula is C25H30N4O3S2. The van der Waals surface area contributed by atoms with Crippen LogP contribution in [0, 0.1) is 24.2 Å². The van der Waals surface area contributed by atoms with Gasteiger partial charge in [0.05, 0.1) is 22.0 Å². The highest BCUT2D eigenvalue weighted by molar-refractivity contribution is 7.91. The average molecular weight is 499 g/mol. The van der Waals surface area contributed by atoms with E-state index >= 15 is 0 Å². The van der Waals surface area contributed by atoms with Crippen LogP contribution in [0.25, 0.3) is 11.3 Å². The molecule has 2 atom stereocenters. The molecule has 1 saturated heterocycles. The highest BCUT2D eigenvalue weighted by Gasteiger charge is 2.47. The lowest BCUT2D eigenvalue weighted by Crippen LogP contribution is -2.54. The van der Waals surface area contributed by atoms with Crippen molar-refractivity contribution in [2.45, 2.75) is 62.2 Å². The molecule has 5 rings (SSSR count). The topological polar surface area (TPSA) is 103 Å². The lowest BCUT2D eigenvalue weighted by atomic mass is 9.77. The minimum atomic E-state index is -3.00. The summed E-state index contributed by atoms with van der Waals surface area (Å²) < 4.78 is 23.4. The summed E-state index contributed by atoms with van der Waals surface area (Å²) in [5.74, 6) is -0.0178. The molecule has 2 unspecified atom stereocenters. The zero-order chi connectivity index (χ0) is 24.1. The molecule has 3 aliphatic rings. The Hall–Kier alpha value is -2.44. The lowest BCUT2D eigenvalue weighted by Gasteiger charge is -2.39. The lowest BCUT2D eigenvalue weighted by molar-refractivity contribution is -0.127. The summed E-state index contributed by atoms with van der Waals surface area (Å²) in [5, 5.41) is 13.1. The van der Waals surface area contributed by atoms with Gasteiger partial charge in [-0.3, -0.25) is 4.79 Å². The molecule has 9 heteroatoms. The van der Waals surface area contributed by atoms with Crippen molar-refractivity contribution in [3.63, 3.8) is 0 Å². The number of hydrogen-bond acceptors (Lipinski definition) is 7. The number of sulfone groups is 1. The van der Waals surface area contributed by atoms with Crippen molar-refractivity contribution in [2.75, 3.05) is 24.2 Å². The van der Waals surface area contributed by atoms with Crippen molar-refractivity contribution in [2.24, 2.45) is 5.92 Å². The van der Waals surface area contributed by atoms with E-state index in [0.29, 0.717) is 13.1 Å². The van der Waals surface area contributed by atoms with Gasteiger partial charge in [-0.2, -0.15) is 5.26 Å². The van der Waals surface area contributed by atoms with Gasteiger partial charge in [0.25, 0.3) is 0 Å². The van der Waals surface area contributed by atoms with Crippen LogP contribution in [-0.2, 0) is 14.6 Å². The number of nitriles is 1. The third-order valence-corrected chi connectivity index (χ3v) is 10.1. The molecular weight excluding hydrogens is 468 g/mol. The Bertz CT molecular complexity index is 1240. The fourth-order valence-corrected chi connectivity index (χ4v) is 7.18. The van der Waals surface area contributed by atoms with E-state index in [1.807, 2.05) is 31.2 Å². The molecule has 0 spiro atoms. The number of nitrogens with one attached hydrogen (secondary N) is 1. The van der Waals surface area contributed by atoms with Crippen LogP contribution < -0.4 is 10.2 Å². The summed E-state index contributed by atoms with van der Waals surface area (Å²) in [6.45, 7) is 3.06. The van der Waals surface area contributed by atoms with Crippen molar-refractivity contribution in [3.8, 4) is 17.3 Å². The van der Waals surface area contributed by atoms with E-state index < -0.39 is 15.4 Å². The third-order valence-electron chi connectivity index (χ3n) is 7.49. The number of rotatable bonds is 6. The molecule has 3 fully saturated rings. The van der Waals surface area contributed by atoms with Gasteiger partial charge in [-0.15, -0.1) is 11.3 Å². The second-order valence-electron chi connectivity index (χ2n) is 10.0. The van der Waals surface area contributed by atoms with Crippen LogP contribution in [0.2, 0.25) is 0 Å². The maximum Gasteiger partial charge on any atom is 0.224 e. The third kappa shape index (κ3) is 4.46. The number of aryl methyl sites for hydroxylation is 1. The van der Waals surface area contributed by atoms with Gasteiger partial charge < -0.3 is 10.2 Å². The quantitative estimate of drug-likeness (QED) is 0.650. The van der Waals surface area contributed by atoms with Gasteiger partial charge in [0.15, 0.2) is 9.84 Å². The molecule has 1 aromatic heterocycles. The first-order valence-corrected chi connectivity index (χ1v) is 14.7. The Morgan fingerprint density at radius 2 is 1.88 bits per heavy atom. The van der Waals surface area contributed by atoms with Crippen molar-refractivity contribution in [3.05, 3.63) is 34.2 Å². The monoisotopic (exact) mass is 498 g/mol. The summed E-state index contributed by atoms with van der Waals surface area (Å²) in [6, 6.07) is 10.4. The molecule has 7 nitrogen and oxygen atoms in total.